The molecule has 0 bridgehead atoms. The molecule has 1 unspecified atom stereocenters. The van der Waals surface area contributed by atoms with Gasteiger partial charge >= 0.3 is 0 Å². The maximum absolute atomic E-state index is 11.5. The normalized spacial score (nSPS) is 18.0. The van der Waals surface area contributed by atoms with Crippen LogP contribution >= 0.6 is 0 Å². The second kappa shape index (κ2) is 5.02. The molecule has 1 aliphatic rings. The van der Waals surface area contributed by atoms with Gasteiger partial charge in [-0.05, 0) is 43.4 Å². The van der Waals surface area contributed by atoms with Crippen LogP contribution in [0.5, 0.6) is 5.75 Å². The third-order valence-corrected chi connectivity index (χ3v) is 4.89. The van der Waals surface area contributed by atoms with Crippen molar-refractivity contribution < 1.29 is 8.95 Å². The SMILES string of the molecule is C[C@@H](CC(C)(C)S(N)=O)c1ccc2c(c1)OCC2. The molecule has 100 valence electrons. The molecule has 1 aromatic carbocycles. The summed E-state index contributed by atoms with van der Waals surface area (Å²) >= 11 is 0. The molecule has 0 saturated carbocycles. The molecular formula is C14H21NO2S. The van der Waals surface area contributed by atoms with Gasteiger partial charge in [-0.3, -0.25) is 5.14 Å². The molecule has 1 aliphatic heterocycles. The minimum absolute atomic E-state index is 0.321. The van der Waals surface area contributed by atoms with Gasteiger partial charge in [-0.15, -0.1) is 0 Å². The molecule has 0 aromatic heterocycles. The van der Waals surface area contributed by atoms with Gasteiger partial charge in [-0.25, -0.2) is 4.21 Å². The van der Waals surface area contributed by atoms with Crippen molar-refractivity contribution in [3.8, 4) is 5.75 Å². The lowest BCUT2D eigenvalue weighted by molar-refractivity contribution is 0.356. The Morgan fingerprint density at radius 1 is 1.50 bits per heavy atom. The first kappa shape index (κ1) is 13.6. The summed E-state index contributed by atoms with van der Waals surface area (Å²) in [5.41, 5.74) is 2.52. The standard InChI is InChI=1S/C14H21NO2S/c1-10(9-14(2,3)18(15)16)12-5-4-11-6-7-17-13(11)8-12/h4-5,8,10H,6-7,9,15H2,1-3H3/t10-,18?/m0/s1. The summed E-state index contributed by atoms with van der Waals surface area (Å²) in [6.07, 6.45) is 1.80. The Labute approximate surface area is 111 Å². The van der Waals surface area contributed by atoms with E-state index in [-0.39, 0.29) is 4.75 Å². The molecule has 3 nitrogen and oxygen atoms in total. The fraction of sp³-hybridized carbons (Fsp3) is 0.571. The highest BCUT2D eigenvalue weighted by molar-refractivity contribution is 7.84. The molecule has 2 rings (SSSR count). The minimum Gasteiger partial charge on any atom is -0.493 e. The van der Waals surface area contributed by atoms with E-state index >= 15 is 0 Å². The average Bonchev–Trinajstić information content (AvgIpc) is 2.74. The Morgan fingerprint density at radius 3 is 2.89 bits per heavy atom. The van der Waals surface area contributed by atoms with Crippen molar-refractivity contribution in [2.75, 3.05) is 6.61 Å². The number of hydrogen-bond acceptors (Lipinski definition) is 2. The van der Waals surface area contributed by atoms with Gasteiger partial charge in [-0.2, -0.15) is 0 Å². The van der Waals surface area contributed by atoms with Gasteiger partial charge < -0.3 is 4.74 Å². The Balaban J connectivity index is 2.14. The smallest absolute Gasteiger partial charge is 0.122 e. The quantitative estimate of drug-likeness (QED) is 0.911. The minimum atomic E-state index is -1.30. The van der Waals surface area contributed by atoms with E-state index in [1.165, 1.54) is 11.1 Å². The number of nitrogens with two attached hydrogens (primary N) is 1. The molecule has 1 heterocycles. The lowest BCUT2D eigenvalue weighted by atomic mass is 9.90. The predicted octanol–water partition coefficient (Wildman–Crippen LogP) is 2.52. The van der Waals surface area contributed by atoms with Gasteiger partial charge in [0.25, 0.3) is 0 Å². The maximum Gasteiger partial charge on any atom is 0.122 e. The van der Waals surface area contributed by atoms with E-state index in [1.807, 2.05) is 13.8 Å². The molecule has 4 heteroatoms. The average molecular weight is 267 g/mol. The summed E-state index contributed by atoms with van der Waals surface area (Å²) < 4.78 is 16.7. The van der Waals surface area contributed by atoms with E-state index in [9.17, 15) is 4.21 Å². The van der Waals surface area contributed by atoms with Crippen LogP contribution in [0.4, 0.5) is 0 Å². The number of fused-ring (bicyclic) bond motifs is 1. The van der Waals surface area contributed by atoms with Crippen molar-refractivity contribution in [2.45, 2.75) is 44.3 Å². The third-order valence-electron chi connectivity index (χ3n) is 3.63. The molecule has 18 heavy (non-hydrogen) atoms. The molecule has 0 radical (unpaired) electrons. The van der Waals surface area contributed by atoms with Gasteiger partial charge in [0, 0.05) is 6.42 Å². The Bertz CT molecular complexity index is 471. The van der Waals surface area contributed by atoms with E-state index in [2.05, 4.69) is 25.1 Å². The van der Waals surface area contributed by atoms with Crippen LogP contribution in [0.25, 0.3) is 0 Å². The lowest BCUT2D eigenvalue weighted by Crippen LogP contribution is -2.33. The zero-order valence-electron chi connectivity index (χ0n) is 11.2. The van der Waals surface area contributed by atoms with Gasteiger partial charge in [0.2, 0.25) is 0 Å². The van der Waals surface area contributed by atoms with Crippen molar-refractivity contribution in [1.82, 2.24) is 0 Å². The molecule has 2 atom stereocenters. The lowest BCUT2D eigenvalue weighted by Gasteiger charge is -2.25. The van der Waals surface area contributed by atoms with Crippen LogP contribution in [0.15, 0.2) is 18.2 Å². The first-order valence-electron chi connectivity index (χ1n) is 6.32. The van der Waals surface area contributed by atoms with Gasteiger partial charge in [-0.1, -0.05) is 19.1 Å². The Hall–Kier alpha value is -0.870. The second-order valence-corrected chi connectivity index (χ2v) is 7.33. The molecular weight excluding hydrogens is 246 g/mol. The number of rotatable bonds is 4. The van der Waals surface area contributed by atoms with Gasteiger partial charge in [0.05, 0.1) is 22.3 Å². The predicted molar refractivity (Wildman–Crippen MR) is 75.1 cm³/mol. The largest absolute Gasteiger partial charge is 0.493 e. The van der Waals surface area contributed by atoms with Crippen LogP contribution in [-0.4, -0.2) is 15.6 Å². The highest BCUT2D eigenvalue weighted by Gasteiger charge is 2.27. The monoisotopic (exact) mass is 267 g/mol. The van der Waals surface area contributed by atoms with Crippen LogP contribution in [0, 0.1) is 0 Å². The van der Waals surface area contributed by atoms with Crippen molar-refractivity contribution >= 4 is 11.0 Å². The molecule has 0 spiro atoms. The third kappa shape index (κ3) is 2.75. The van der Waals surface area contributed by atoms with Crippen LogP contribution < -0.4 is 9.88 Å². The second-order valence-electron chi connectivity index (χ2n) is 5.63. The molecule has 0 fully saturated rings. The van der Waals surface area contributed by atoms with Crippen LogP contribution in [0.1, 0.15) is 44.2 Å². The fourth-order valence-electron chi connectivity index (χ4n) is 2.43. The summed E-state index contributed by atoms with van der Waals surface area (Å²) in [7, 11) is -1.30. The molecule has 2 N–H and O–H groups in total. The first-order valence-corrected chi connectivity index (χ1v) is 7.53. The zero-order chi connectivity index (χ0) is 13.3. The number of ether oxygens (including phenoxy) is 1. The molecule has 0 saturated heterocycles. The Morgan fingerprint density at radius 2 is 2.22 bits per heavy atom. The first-order chi connectivity index (χ1) is 8.40. The van der Waals surface area contributed by atoms with E-state index in [4.69, 9.17) is 9.88 Å². The summed E-state index contributed by atoms with van der Waals surface area (Å²) in [6.45, 7) is 6.82. The topological polar surface area (TPSA) is 52.3 Å². The zero-order valence-corrected chi connectivity index (χ0v) is 12.0. The highest BCUT2D eigenvalue weighted by Crippen LogP contribution is 2.33. The van der Waals surface area contributed by atoms with Crippen molar-refractivity contribution in [2.24, 2.45) is 5.14 Å². The summed E-state index contributed by atoms with van der Waals surface area (Å²) in [4.78, 5) is 0. The molecule has 0 amide bonds. The van der Waals surface area contributed by atoms with Crippen molar-refractivity contribution in [1.29, 1.82) is 0 Å². The molecule has 1 aromatic rings. The maximum atomic E-state index is 11.5. The van der Waals surface area contributed by atoms with E-state index < -0.39 is 11.0 Å². The highest BCUT2D eigenvalue weighted by atomic mass is 32.2. The number of benzene rings is 1. The Kier molecular flexibility index (Phi) is 3.78. The van der Waals surface area contributed by atoms with Crippen molar-refractivity contribution in [3.63, 3.8) is 0 Å². The van der Waals surface area contributed by atoms with Crippen LogP contribution in [0.2, 0.25) is 0 Å². The van der Waals surface area contributed by atoms with Gasteiger partial charge in [0.15, 0.2) is 0 Å². The van der Waals surface area contributed by atoms with Gasteiger partial charge in [0.1, 0.15) is 5.75 Å². The number of hydrogen-bond donors (Lipinski definition) is 1. The molecule has 0 aliphatic carbocycles. The summed E-state index contributed by atoms with van der Waals surface area (Å²) in [5, 5.41) is 5.53. The van der Waals surface area contributed by atoms with E-state index in [0.29, 0.717) is 5.92 Å². The van der Waals surface area contributed by atoms with Crippen molar-refractivity contribution in [3.05, 3.63) is 29.3 Å². The van der Waals surface area contributed by atoms with E-state index in [1.54, 1.807) is 0 Å². The van der Waals surface area contributed by atoms with E-state index in [0.717, 1.165) is 25.2 Å². The summed E-state index contributed by atoms with van der Waals surface area (Å²) in [5.74, 6) is 1.33. The fourth-order valence-corrected chi connectivity index (χ4v) is 2.84. The summed E-state index contributed by atoms with van der Waals surface area (Å²) in [6, 6.07) is 6.40. The van der Waals surface area contributed by atoms with Crippen LogP contribution in [-0.2, 0) is 17.4 Å². The van der Waals surface area contributed by atoms with Crippen LogP contribution in [0.3, 0.4) is 0 Å².